The van der Waals surface area contributed by atoms with Crippen molar-refractivity contribution in [3.05, 3.63) is 23.8 Å². The number of piperidine rings is 1. The molecule has 3 aliphatic rings. The van der Waals surface area contributed by atoms with Crippen molar-refractivity contribution in [2.75, 3.05) is 20.4 Å². The van der Waals surface area contributed by atoms with E-state index in [-0.39, 0.29) is 30.1 Å². The van der Waals surface area contributed by atoms with E-state index in [0.29, 0.717) is 19.5 Å². The van der Waals surface area contributed by atoms with Gasteiger partial charge in [0.1, 0.15) is 0 Å². The molecule has 0 N–H and O–H groups in total. The van der Waals surface area contributed by atoms with Crippen LogP contribution in [-0.2, 0) is 16.1 Å². The van der Waals surface area contributed by atoms with E-state index in [0.717, 1.165) is 49.2 Å². The van der Waals surface area contributed by atoms with E-state index in [9.17, 15) is 9.59 Å². The van der Waals surface area contributed by atoms with Crippen LogP contribution in [0.4, 0.5) is 0 Å². The van der Waals surface area contributed by atoms with Crippen molar-refractivity contribution in [3.8, 4) is 11.5 Å². The van der Waals surface area contributed by atoms with Crippen LogP contribution in [0.2, 0.25) is 0 Å². The van der Waals surface area contributed by atoms with Gasteiger partial charge in [0.05, 0.1) is 0 Å². The first kappa shape index (κ1) is 18.1. The molecule has 6 nitrogen and oxygen atoms in total. The van der Waals surface area contributed by atoms with Crippen molar-refractivity contribution in [1.82, 2.24) is 9.80 Å². The summed E-state index contributed by atoms with van der Waals surface area (Å²) >= 11 is 0. The number of rotatable bonds is 4. The summed E-state index contributed by atoms with van der Waals surface area (Å²) in [6, 6.07) is 5.89. The molecule has 0 aromatic heterocycles. The lowest BCUT2D eigenvalue weighted by atomic mass is 9.90. The minimum absolute atomic E-state index is 0.0687. The predicted octanol–water partition coefficient (Wildman–Crippen LogP) is 2.95. The summed E-state index contributed by atoms with van der Waals surface area (Å²) in [5.74, 6) is 1.48. The third-order valence-corrected chi connectivity index (χ3v) is 6.39. The molecule has 0 spiro atoms. The fourth-order valence-corrected chi connectivity index (χ4v) is 4.54. The first-order chi connectivity index (χ1) is 13.0. The van der Waals surface area contributed by atoms with Gasteiger partial charge >= 0.3 is 0 Å². The zero-order valence-corrected chi connectivity index (χ0v) is 16.2. The fraction of sp³-hybridized carbons (Fsp3) is 0.619. The largest absolute Gasteiger partial charge is 0.454 e. The average molecular weight is 372 g/mol. The van der Waals surface area contributed by atoms with Crippen LogP contribution in [0, 0.1) is 5.92 Å². The maximum Gasteiger partial charge on any atom is 0.231 e. The summed E-state index contributed by atoms with van der Waals surface area (Å²) < 4.78 is 10.9. The van der Waals surface area contributed by atoms with Crippen molar-refractivity contribution >= 4 is 11.8 Å². The molecule has 2 heterocycles. The molecule has 146 valence electrons. The van der Waals surface area contributed by atoms with E-state index in [2.05, 4.69) is 6.92 Å². The highest BCUT2D eigenvalue weighted by molar-refractivity contribution is 5.87. The highest BCUT2D eigenvalue weighted by Gasteiger charge is 2.41. The number of carbonyl (C=O) groups excluding carboxylic acids is 2. The van der Waals surface area contributed by atoms with Crippen molar-refractivity contribution < 1.29 is 19.1 Å². The lowest BCUT2D eigenvalue weighted by Gasteiger charge is -2.42. The molecule has 2 aliphatic heterocycles. The summed E-state index contributed by atoms with van der Waals surface area (Å²) in [7, 11) is 1.81. The molecular weight excluding hydrogens is 344 g/mol. The molecule has 1 aliphatic carbocycles. The van der Waals surface area contributed by atoms with Crippen molar-refractivity contribution in [2.24, 2.45) is 5.92 Å². The Morgan fingerprint density at radius 2 is 2.00 bits per heavy atom. The second-order valence-electron chi connectivity index (χ2n) is 8.32. The van der Waals surface area contributed by atoms with E-state index in [4.69, 9.17) is 9.47 Å². The van der Waals surface area contributed by atoms with Gasteiger partial charge in [-0.25, -0.2) is 0 Å². The van der Waals surface area contributed by atoms with Crippen LogP contribution < -0.4 is 9.47 Å². The molecule has 1 saturated heterocycles. The Morgan fingerprint density at radius 1 is 1.26 bits per heavy atom. The molecule has 27 heavy (non-hydrogen) atoms. The summed E-state index contributed by atoms with van der Waals surface area (Å²) in [6.07, 6.45) is 5.40. The van der Waals surface area contributed by atoms with E-state index in [1.807, 2.05) is 30.1 Å². The molecule has 0 radical (unpaired) electrons. The molecule has 1 aromatic rings. The average Bonchev–Trinajstić information content (AvgIpc) is 3.30. The topological polar surface area (TPSA) is 59.1 Å². The lowest BCUT2D eigenvalue weighted by Crippen LogP contribution is -2.52. The number of benzene rings is 1. The Morgan fingerprint density at radius 3 is 2.74 bits per heavy atom. The highest BCUT2D eigenvalue weighted by atomic mass is 16.7. The summed E-state index contributed by atoms with van der Waals surface area (Å²) in [6.45, 7) is 3.65. The maximum atomic E-state index is 13.5. The summed E-state index contributed by atoms with van der Waals surface area (Å²) in [5.41, 5.74) is 0.903. The maximum absolute atomic E-state index is 13.5. The van der Waals surface area contributed by atoms with Gasteiger partial charge in [-0.1, -0.05) is 18.9 Å². The normalized spacial score (nSPS) is 23.6. The number of ether oxygens (including phenoxy) is 2. The van der Waals surface area contributed by atoms with E-state index in [1.165, 1.54) is 0 Å². The number of likely N-dealkylation sites (tertiary alicyclic amines) is 1. The van der Waals surface area contributed by atoms with Crippen LogP contribution in [-0.4, -0.2) is 47.5 Å². The number of nitrogens with zero attached hydrogens (tertiary/aromatic N) is 2. The van der Waals surface area contributed by atoms with Gasteiger partial charge in [0.15, 0.2) is 11.5 Å². The molecule has 0 bridgehead atoms. The standard InChI is InChI=1S/C21H28N2O4/c1-21(8-3-4-9-21)23(20(25)16-7-10-22(2)19(24)12-16)13-15-5-6-17-18(11-15)27-14-26-17/h5-6,11,16H,3-4,7-10,12-14H2,1-2H3. The second-order valence-corrected chi connectivity index (χ2v) is 8.32. The Hall–Kier alpha value is -2.24. The number of fused-ring (bicyclic) bond motifs is 1. The zero-order valence-electron chi connectivity index (χ0n) is 16.2. The predicted molar refractivity (Wildman–Crippen MR) is 100 cm³/mol. The van der Waals surface area contributed by atoms with Crippen LogP contribution in [0.25, 0.3) is 0 Å². The molecule has 1 unspecified atom stereocenters. The van der Waals surface area contributed by atoms with Crippen LogP contribution in [0.3, 0.4) is 0 Å². The van der Waals surface area contributed by atoms with Gasteiger partial charge in [0.2, 0.25) is 18.6 Å². The second kappa shape index (κ2) is 7.06. The minimum Gasteiger partial charge on any atom is -0.454 e. The van der Waals surface area contributed by atoms with E-state index < -0.39 is 0 Å². The molecule has 6 heteroatoms. The Balaban J connectivity index is 1.57. The van der Waals surface area contributed by atoms with Crippen LogP contribution in [0.1, 0.15) is 51.0 Å². The van der Waals surface area contributed by atoms with Gasteiger partial charge in [-0.3, -0.25) is 9.59 Å². The van der Waals surface area contributed by atoms with Gasteiger partial charge in [0.25, 0.3) is 0 Å². The first-order valence-electron chi connectivity index (χ1n) is 9.90. The number of hydrogen-bond donors (Lipinski definition) is 0. The smallest absolute Gasteiger partial charge is 0.231 e. The zero-order chi connectivity index (χ0) is 19.0. The molecule has 1 aromatic carbocycles. The van der Waals surface area contributed by atoms with E-state index in [1.54, 1.807) is 4.90 Å². The highest BCUT2D eigenvalue weighted by Crippen LogP contribution is 2.39. The van der Waals surface area contributed by atoms with Crippen LogP contribution in [0.5, 0.6) is 11.5 Å². The Kier molecular flexibility index (Phi) is 4.74. The minimum atomic E-state index is -0.208. The van der Waals surface area contributed by atoms with Crippen LogP contribution >= 0.6 is 0 Å². The third kappa shape index (κ3) is 3.49. The quantitative estimate of drug-likeness (QED) is 0.815. The first-order valence-corrected chi connectivity index (χ1v) is 9.90. The third-order valence-electron chi connectivity index (χ3n) is 6.39. The summed E-state index contributed by atoms with van der Waals surface area (Å²) in [5, 5.41) is 0. The van der Waals surface area contributed by atoms with Gasteiger partial charge in [-0.15, -0.1) is 0 Å². The Labute approximate surface area is 160 Å². The Bertz CT molecular complexity index is 742. The molecule has 2 amide bonds. The number of carbonyl (C=O) groups is 2. The van der Waals surface area contributed by atoms with Crippen molar-refractivity contribution in [2.45, 2.75) is 57.5 Å². The van der Waals surface area contributed by atoms with E-state index >= 15 is 0 Å². The number of amides is 2. The number of hydrogen-bond acceptors (Lipinski definition) is 4. The molecule has 2 fully saturated rings. The van der Waals surface area contributed by atoms with Gasteiger partial charge in [-0.2, -0.15) is 0 Å². The fourth-order valence-electron chi connectivity index (χ4n) is 4.54. The molecule has 4 rings (SSSR count). The molecular formula is C21H28N2O4. The van der Waals surface area contributed by atoms with Crippen molar-refractivity contribution in [3.63, 3.8) is 0 Å². The molecule has 1 atom stereocenters. The van der Waals surface area contributed by atoms with Crippen LogP contribution in [0.15, 0.2) is 18.2 Å². The molecule has 1 saturated carbocycles. The SMILES string of the molecule is CN1CCC(C(=O)N(Cc2ccc3c(c2)OCO3)C2(C)CCCC2)CC1=O. The van der Waals surface area contributed by atoms with Crippen molar-refractivity contribution in [1.29, 1.82) is 0 Å². The summed E-state index contributed by atoms with van der Waals surface area (Å²) in [4.78, 5) is 29.4. The lowest BCUT2D eigenvalue weighted by molar-refractivity contribution is -0.149. The van der Waals surface area contributed by atoms with Gasteiger partial charge < -0.3 is 19.3 Å². The van der Waals surface area contributed by atoms with Gasteiger partial charge in [-0.05, 0) is 43.9 Å². The van der Waals surface area contributed by atoms with Gasteiger partial charge in [0, 0.05) is 38.0 Å². The monoisotopic (exact) mass is 372 g/mol.